The molecule has 1 fully saturated rings. The molecule has 0 spiro atoms. The first-order chi connectivity index (χ1) is 12.4. The number of pyridine rings is 1. The quantitative estimate of drug-likeness (QED) is 0.735. The summed E-state index contributed by atoms with van der Waals surface area (Å²) in [6.45, 7) is 8.25. The molecule has 1 saturated carbocycles. The molecule has 0 saturated heterocycles. The zero-order valence-electron chi connectivity index (χ0n) is 16.4. The van der Waals surface area contributed by atoms with Crippen molar-refractivity contribution in [2.75, 3.05) is 20.1 Å². The zero-order valence-corrected chi connectivity index (χ0v) is 16.4. The van der Waals surface area contributed by atoms with Gasteiger partial charge in [-0.3, -0.25) is 14.4 Å². The topological polar surface area (TPSA) is 71.4 Å². The first kappa shape index (κ1) is 20.2. The lowest BCUT2D eigenvalue weighted by molar-refractivity contribution is 0.0745. The third-order valence-corrected chi connectivity index (χ3v) is 4.70. The van der Waals surface area contributed by atoms with Gasteiger partial charge in [0.05, 0.1) is 0 Å². The number of aryl methyl sites for hydroxylation is 1. The van der Waals surface area contributed by atoms with E-state index >= 15 is 0 Å². The van der Waals surface area contributed by atoms with Gasteiger partial charge in [-0.25, -0.2) is 0 Å². The van der Waals surface area contributed by atoms with Gasteiger partial charge in [0.25, 0.3) is 11.8 Å². The van der Waals surface area contributed by atoms with Gasteiger partial charge >= 0.3 is 0 Å². The lowest BCUT2D eigenvalue weighted by atomic mass is 10.1. The summed E-state index contributed by atoms with van der Waals surface area (Å²) in [5, 5.41) is 2.50. The predicted octanol–water partition coefficient (Wildman–Crippen LogP) is 2.52. The van der Waals surface area contributed by atoms with E-state index in [1.165, 1.54) is 7.05 Å². The van der Waals surface area contributed by atoms with Crippen molar-refractivity contribution in [1.29, 1.82) is 0 Å². The lowest BCUT2D eigenvalue weighted by Gasteiger charge is -2.22. The second-order valence-corrected chi connectivity index (χ2v) is 7.61. The molecule has 1 aromatic rings. The summed E-state index contributed by atoms with van der Waals surface area (Å²) >= 11 is 0. The second-order valence-electron chi connectivity index (χ2n) is 7.61. The minimum atomic E-state index is -0.480. The van der Waals surface area contributed by atoms with E-state index in [-0.39, 0.29) is 17.0 Å². The Morgan fingerprint density at radius 1 is 1.27 bits per heavy atom. The van der Waals surface area contributed by atoms with Crippen molar-refractivity contribution in [3.05, 3.63) is 33.7 Å². The van der Waals surface area contributed by atoms with E-state index in [2.05, 4.69) is 19.2 Å². The molecule has 1 aliphatic carbocycles. The summed E-state index contributed by atoms with van der Waals surface area (Å²) < 4.78 is 1.81. The summed E-state index contributed by atoms with van der Waals surface area (Å²) in [7, 11) is 1.49. The van der Waals surface area contributed by atoms with Crippen LogP contribution in [0.15, 0.2) is 17.2 Å². The monoisotopic (exact) mass is 361 g/mol. The van der Waals surface area contributed by atoms with Crippen LogP contribution in [-0.2, 0) is 6.54 Å². The number of rotatable bonds is 9. The van der Waals surface area contributed by atoms with Gasteiger partial charge in [-0.05, 0) is 37.5 Å². The summed E-state index contributed by atoms with van der Waals surface area (Å²) in [6.07, 6.45) is 7.22. The number of amides is 2. The van der Waals surface area contributed by atoms with Crippen molar-refractivity contribution in [3.8, 4) is 0 Å². The van der Waals surface area contributed by atoms with Crippen LogP contribution in [0.4, 0.5) is 0 Å². The molecular formula is C20H31N3O3. The highest BCUT2D eigenvalue weighted by atomic mass is 16.2. The number of nitrogens with one attached hydrogen (secondary N) is 1. The maximum atomic E-state index is 13.1. The van der Waals surface area contributed by atoms with E-state index < -0.39 is 11.3 Å². The first-order valence-corrected chi connectivity index (χ1v) is 9.62. The molecule has 0 unspecified atom stereocenters. The van der Waals surface area contributed by atoms with Gasteiger partial charge in [-0.15, -0.1) is 0 Å². The summed E-state index contributed by atoms with van der Waals surface area (Å²) in [5.41, 5.74) is -0.346. The van der Waals surface area contributed by atoms with Crippen LogP contribution in [0.3, 0.4) is 0 Å². The average molecular weight is 361 g/mol. The Bertz CT molecular complexity index is 705. The number of aromatic nitrogens is 1. The van der Waals surface area contributed by atoms with Crippen LogP contribution in [0.25, 0.3) is 0 Å². The Labute approximate surface area is 155 Å². The fourth-order valence-electron chi connectivity index (χ4n) is 2.94. The summed E-state index contributed by atoms with van der Waals surface area (Å²) in [5.74, 6) is 0.333. The number of nitrogens with zero attached hydrogens (tertiary/aromatic N) is 2. The molecule has 144 valence electrons. The molecule has 0 aromatic carbocycles. The third-order valence-electron chi connectivity index (χ3n) is 4.70. The Morgan fingerprint density at radius 3 is 2.46 bits per heavy atom. The summed E-state index contributed by atoms with van der Waals surface area (Å²) in [4.78, 5) is 39.7. The molecule has 6 heteroatoms. The van der Waals surface area contributed by atoms with Crippen molar-refractivity contribution >= 4 is 11.8 Å². The van der Waals surface area contributed by atoms with Gasteiger partial charge in [0.15, 0.2) is 0 Å². The molecule has 1 aliphatic rings. The lowest BCUT2D eigenvalue weighted by Crippen LogP contribution is -2.39. The van der Waals surface area contributed by atoms with Gasteiger partial charge in [0.1, 0.15) is 11.1 Å². The van der Waals surface area contributed by atoms with Crippen LogP contribution in [0.5, 0.6) is 0 Å². The minimum absolute atomic E-state index is 0.0324. The SMILES string of the molecule is CCCN(CC1CC1)C(=O)c1cn(CCC(C)C)cc(C(=O)NC)c1=O. The number of carbonyl (C=O) groups excluding carboxylic acids is 2. The Kier molecular flexibility index (Phi) is 7.00. The van der Waals surface area contributed by atoms with Crippen LogP contribution in [0.1, 0.15) is 67.2 Å². The van der Waals surface area contributed by atoms with E-state index in [4.69, 9.17) is 0 Å². The predicted molar refractivity (Wildman–Crippen MR) is 102 cm³/mol. The first-order valence-electron chi connectivity index (χ1n) is 9.62. The molecule has 0 radical (unpaired) electrons. The highest BCUT2D eigenvalue weighted by molar-refractivity contribution is 5.99. The largest absolute Gasteiger partial charge is 0.355 e. The van der Waals surface area contributed by atoms with Crippen LogP contribution in [0, 0.1) is 11.8 Å². The molecule has 6 nitrogen and oxygen atoms in total. The fourth-order valence-corrected chi connectivity index (χ4v) is 2.94. The van der Waals surface area contributed by atoms with Crippen molar-refractivity contribution in [2.45, 2.75) is 53.0 Å². The highest BCUT2D eigenvalue weighted by Crippen LogP contribution is 2.30. The van der Waals surface area contributed by atoms with E-state index in [0.717, 1.165) is 25.7 Å². The van der Waals surface area contributed by atoms with Gasteiger partial charge in [-0.2, -0.15) is 0 Å². The van der Waals surface area contributed by atoms with E-state index in [1.807, 2.05) is 6.92 Å². The van der Waals surface area contributed by atoms with Crippen LogP contribution in [0.2, 0.25) is 0 Å². The van der Waals surface area contributed by atoms with Crippen LogP contribution < -0.4 is 10.7 Å². The van der Waals surface area contributed by atoms with E-state index in [1.54, 1.807) is 21.9 Å². The van der Waals surface area contributed by atoms with E-state index in [0.29, 0.717) is 31.5 Å². The minimum Gasteiger partial charge on any atom is -0.355 e. The number of hydrogen-bond donors (Lipinski definition) is 1. The molecule has 1 N–H and O–H groups in total. The highest BCUT2D eigenvalue weighted by Gasteiger charge is 2.29. The maximum Gasteiger partial charge on any atom is 0.259 e. The number of carbonyl (C=O) groups is 2. The van der Waals surface area contributed by atoms with Crippen molar-refractivity contribution < 1.29 is 9.59 Å². The van der Waals surface area contributed by atoms with Gasteiger partial charge in [0, 0.05) is 39.1 Å². The molecule has 2 amide bonds. The molecule has 1 heterocycles. The van der Waals surface area contributed by atoms with Crippen molar-refractivity contribution in [2.24, 2.45) is 11.8 Å². The smallest absolute Gasteiger partial charge is 0.259 e. The molecule has 0 aliphatic heterocycles. The van der Waals surface area contributed by atoms with Crippen LogP contribution >= 0.6 is 0 Å². The van der Waals surface area contributed by atoms with Crippen molar-refractivity contribution in [3.63, 3.8) is 0 Å². The molecule has 26 heavy (non-hydrogen) atoms. The number of hydrogen-bond acceptors (Lipinski definition) is 3. The van der Waals surface area contributed by atoms with Gasteiger partial charge in [-0.1, -0.05) is 20.8 Å². The molecule has 0 atom stereocenters. The van der Waals surface area contributed by atoms with E-state index in [9.17, 15) is 14.4 Å². The van der Waals surface area contributed by atoms with Crippen LogP contribution in [-0.4, -0.2) is 41.4 Å². The van der Waals surface area contributed by atoms with Crippen molar-refractivity contribution in [1.82, 2.24) is 14.8 Å². The Balaban J connectivity index is 2.39. The average Bonchev–Trinajstić information content (AvgIpc) is 3.43. The second kappa shape index (κ2) is 9.01. The van der Waals surface area contributed by atoms with Gasteiger partial charge in [0.2, 0.25) is 5.43 Å². The maximum absolute atomic E-state index is 13.1. The Morgan fingerprint density at radius 2 is 1.92 bits per heavy atom. The molecular weight excluding hydrogens is 330 g/mol. The normalized spacial score (nSPS) is 13.7. The molecule has 2 rings (SSSR count). The Hall–Kier alpha value is -2.11. The summed E-state index contributed by atoms with van der Waals surface area (Å²) in [6, 6.07) is 0. The molecule has 0 bridgehead atoms. The third kappa shape index (κ3) is 5.19. The zero-order chi connectivity index (χ0) is 19.3. The molecule has 1 aromatic heterocycles. The van der Waals surface area contributed by atoms with Gasteiger partial charge < -0.3 is 14.8 Å². The standard InChI is InChI=1S/C20H31N3O3/c1-5-9-23(11-15-6-7-15)20(26)17-13-22(10-8-14(2)3)12-16(18(17)24)19(25)21-4/h12-15H,5-11H2,1-4H3,(H,21,25). The fraction of sp³-hybridized carbons (Fsp3) is 0.650.